The molecule has 2 saturated heterocycles. The molecule has 0 aromatic heterocycles. The summed E-state index contributed by atoms with van der Waals surface area (Å²) in [6, 6.07) is 0. The monoisotopic (exact) mass is 332 g/mol. The lowest BCUT2D eigenvalue weighted by atomic mass is 9.99. The van der Waals surface area contributed by atoms with Gasteiger partial charge in [-0.25, -0.2) is 0 Å². The molecular formula is C16H28O5S. The summed E-state index contributed by atoms with van der Waals surface area (Å²) in [6.07, 6.45) is 1.32. The molecule has 6 heteroatoms. The van der Waals surface area contributed by atoms with Crippen LogP contribution in [0.1, 0.15) is 47.5 Å². The molecule has 0 N–H and O–H groups in total. The largest absolute Gasteiger partial charge is 0.466 e. The minimum Gasteiger partial charge on any atom is -0.466 e. The topological polar surface area (TPSA) is 54.0 Å². The van der Waals surface area contributed by atoms with Crippen molar-refractivity contribution in [2.45, 2.75) is 77.2 Å². The highest BCUT2D eigenvalue weighted by atomic mass is 32.2. The van der Waals surface area contributed by atoms with Gasteiger partial charge in [0.05, 0.1) is 18.3 Å². The van der Waals surface area contributed by atoms with Crippen LogP contribution >= 0.6 is 11.8 Å². The van der Waals surface area contributed by atoms with Crippen molar-refractivity contribution in [1.82, 2.24) is 0 Å². The van der Waals surface area contributed by atoms with Crippen molar-refractivity contribution in [3.05, 3.63) is 0 Å². The minimum absolute atomic E-state index is 0.0115. The Morgan fingerprint density at radius 3 is 2.59 bits per heavy atom. The lowest BCUT2D eigenvalue weighted by Gasteiger charge is -2.28. The van der Waals surface area contributed by atoms with Crippen LogP contribution < -0.4 is 0 Å². The van der Waals surface area contributed by atoms with E-state index in [1.165, 1.54) is 0 Å². The van der Waals surface area contributed by atoms with Crippen LogP contribution in [0.4, 0.5) is 0 Å². The number of fused-ring (bicyclic) bond motifs is 1. The summed E-state index contributed by atoms with van der Waals surface area (Å²) in [5, 5.41) is 0. The third-order valence-electron chi connectivity index (χ3n) is 3.89. The zero-order chi connectivity index (χ0) is 16.4. The van der Waals surface area contributed by atoms with Crippen LogP contribution in [-0.2, 0) is 23.7 Å². The lowest BCUT2D eigenvalue weighted by molar-refractivity contribution is -0.199. The molecule has 2 rings (SSSR count). The van der Waals surface area contributed by atoms with Gasteiger partial charge >= 0.3 is 5.97 Å². The van der Waals surface area contributed by atoms with Crippen LogP contribution in [-0.4, -0.2) is 53.8 Å². The molecule has 3 atom stereocenters. The van der Waals surface area contributed by atoms with E-state index in [-0.39, 0.29) is 29.9 Å². The molecule has 22 heavy (non-hydrogen) atoms. The number of hydrogen-bond donors (Lipinski definition) is 0. The van der Waals surface area contributed by atoms with Crippen LogP contribution in [0.25, 0.3) is 0 Å². The molecule has 0 aromatic carbocycles. The van der Waals surface area contributed by atoms with Crippen molar-refractivity contribution in [3.8, 4) is 0 Å². The Bertz CT molecular complexity index is 396. The molecule has 2 aliphatic heterocycles. The molecule has 0 bridgehead atoms. The first-order valence-electron chi connectivity index (χ1n) is 8.02. The predicted molar refractivity (Wildman–Crippen MR) is 86.0 cm³/mol. The molecular weight excluding hydrogens is 304 g/mol. The van der Waals surface area contributed by atoms with Crippen molar-refractivity contribution >= 4 is 17.7 Å². The van der Waals surface area contributed by atoms with E-state index in [1.54, 1.807) is 11.8 Å². The van der Waals surface area contributed by atoms with E-state index in [0.29, 0.717) is 13.0 Å². The van der Waals surface area contributed by atoms with Crippen molar-refractivity contribution in [1.29, 1.82) is 0 Å². The number of carbonyl (C=O) groups is 1. The normalized spacial score (nSPS) is 32.0. The summed E-state index contributed by atoms with van der Waals surface area (Å²) in [6.45, 7) is 10.3. The van der Waals surface area contributed by atoms with Gasteiger partial charge in [-0.15, -0.1) is 0 Å². The van der Waals surface area contributed by atoms with Gasteiger partial charge in [0.15, 0.2) is 5.79 Å². The fraction of sp³-hybridized carbons (Fsp3) is 0.938. The van der Waals surface area contributed by atoms with E-state index < -0.39 is 5.79 Å². The van der Waals surface area contributed by atoms with E-state index in [1.807, 2.05) is 20.8 Å². The standard InChI is InChI=1S/C16H28O5S/c1-6-18-12(17)8-7-9-22-10-11-13-14(15(2,3)19-11)21-16(4,5)20-13/h11,13-14H,6-10H2,1-5H3. The molecule has 0 spiro atoms. The van der Waals surface area contributed by atoms with E-state index >= 15 is 0 Å². The van der Waals surface area contributed by atoms with Gasteiger partial charge in [0.2, 0.25) is 0 Å². The van der Waals surface area contributed by atoms with Gasteiger partial charge in [-0.1, -0.05) is 0 Å². The minimum atomic E-state index is -0.538. The Hall–Kier alpha value is -0.300. The fourth-order valence-corrected chi connectivity index (χ4v) is 4.01. The zero-order valence-electron chi connectivity index (χ0n) is 14.2. The van der Waals surface area contributed by atoms with E-state index in [0.717, 1.165) is 17.9 Å². The molecule has 0 aromatic rings. The molecule has 0 aliphatic carbocycles. The summed E-state index contributed by atoms with van der Waals surface area (Å²) in [4.78, 5) is 11.3. The van der Waals surface area contributed by atoms with Crippen LogP contribution in [0.5, 0.6) is 0 Å². The Morgan fingerprint density at radius 2 is 1.91 bits per heavy atom. The van der Waals surface area contributed by atoms with Gasteiger partial charge in [0.1, 0.15) is 12.2 Å². The molecule has 2 heterocycles. The number of esters is 1. The van der Waals surface area contributed by atoms with Crippen LogP contribution in [0, 0.1) is 0 Å². The SMILES string of the molecule is CCOC(=O)CCCSCC1OC(C)(C)C2OC(C)(C)OC12. The second-order valence-electron chi connectivity index (χ2n) is 6.76. The van der Waals surface area contributed by atoms with Crippen molar-refractivity contribution < 1.29 is 23.7 Å². The molecule has 0 saturated carbocycles. The Morgan fingerprint density at radius 1 is 1.18 bits per heavy atom. The highest BCUT2D eigenvalue weighted by Gasteiger charge is 2.58. The van der Waals surface area contributed by atoms with Gasteiger partial charge in [0.25, 0.3) is 0 Å². The summed E-state index contributed by atoms with van der Waals surface area (Å²) in [7, 11) is 0. The van der Waals surface area contributed by atoms with Gasteiger partial charge in [-0.2, -0.15) is 11.8 Å². The van der Waals surface area contributed by atoms with Gasteiger partial charge in [-0.3, -0.25) is 4.79 Å². The van der Waals surface area contributed by atoms with Crippen LogP contribution in [0.2, 0.25) is 0 Å². The Balaban J connectivity index is 1.73. The highest BCUT2D eigenvalue weighted by Crippen LogP contribution is 2.44. The van der Waals surface area contributed by atoms with E-state index in [4.69, 9.17) is 18.9 Å². The number of thioether (sulfide) groups is 1. The molecule has 0 radical (unpaired) electrons. The summed E-state index contributed by atoms with van der Waals surface area (Å²) >= 11 is 1.79. The van der Waals surface area contributed by atoms with Gasteiger partial charge in [-0.05, 0) is 46.8 Å². The van der Waals surface area contributed by atoms with Crippen molar-refractivity contribution in [3.63, 3.8) is 0 Å². The van der Waals surface area contributed by atoms with E-state index in [2.05, 4.69) is 13.8 Å². The number of ether oxygens (including phenoxy) is 4. The number of hydrogen-bond acceptors (Lipinski definition) is 6. The quantitative estimate of drug-likeness (QED) is 0.528. The van der Waals surface area contributed by atoms with Gasteiger partial charge < -0.3 is 18.9 Å². The maximum absolute atomic E-state index is 11.3. The van der Waals surface area contributed by atoms with Crippen molar-refractivity contribution in [2.75, 3.05) is 18.1 Å². The molecule has 3 unspecified atom stereocenters. The Kier molecular flexibility index (Phi) is 5.80. The maximum Gasteiger partial charge on any atom is 0.305 e. The van der Waals surface area contributed by atoms with E-state index in [9.17, 15) is 4.79 Å². The maximum atomic E-state index is 11.3. The smallest absolute Gasteiger partial charge is 0.305 e. The fourth-order valence-electron chi connectivity index (χ4n) is 3.00. The zero-order valence-corrected chi connectivity index (χ0v) is 15.0. The first-order valence-corrected chi connectivity index (χ1v) is 9.17. The molecule has 2 aliphatic rings. The van der Waals surface area contributed by atoms with Gasteiger partial charge in [0, 0.05) is 12.2 Å². The highest BCUT2D eigenvalue weighted by molar-refractivity contribution is 7.99. The third-order valence-corrected chi connectivity index (χ3v) is 5.03. The lowest BCUT2D eigenvalue weighted by Crippen LogP contribution is -2.37. The first-order chi connectivity index (χ1) is 10.2. The second-order valence-corrected chi connectivity index (χ2v) is 7.91. The van der Waals surface area contributed by atoms with Crippen LogP contribution in [0.3, 0.4) is 0 Å². The average Bonchev–Trinajstić information content (AvgIpc) is 2.83. The molecule has 128 valence electrons. The number of carbonyl (C=O) groups excluding carboxylic acids is 1. The predicted octanol–water partition coefficient (Wildman–Crippen LogP) is 2.76. The molecule has 2 fully saturated rings. The number of rotatable bonds is 7. The average molecular weight is 332 g/mol. The second kappa shape index (κ2) is 7.07. The van der Waals surface area contributed by atoms with Crippen molar-refractivity contribution in [2.24, 2.45) is 0 Å². The summed E-state index contributed by atoms with van der Waals surface area (Å²) in [5.41, 5.74) is -0.325. The molecule has 0 amide bonds. The molecule has 5 nitrogen and oxygen atoms in total. The summed E-state index contributed by atoms with van der Waals surface area (Å²) < 4.78 is 23.0. The third kappa shape index (κ3) is 4.37. The summed E-state index contributed by atoms with van der Waals surface area (Å²) in [5.74, 6) is 1.12. The van der Waals surface area contributed by atoms with Crippen LogP contribution in [0.15, 0.2) is 0 Å². The first kappa shape index (κ1) is 18.0. The Labute approximate surface area is 137 Å².